The molecule has 0 saturated heterocycles. The Morgan fingerprint density at radius 2 is 1.94 bits per heavy atom. The summed E-state index contributed by atoms with van der Waals surface area (Å²) in [5, 5.41) is 7.32. The maximum absolute atomic E-state index is 12.3. The van der Waals surface area contributed by atoms with Gasteiger partial charge in [0.15, 0.2) is 5.82 Å². The second kappa shape index (κ2) is 3.58. The molecule has 0 atom stereocenters. The monoisotopic (exact) mass is 228 g/mol. The van der Waals surface area contributed by atoms with Crippen LogP contribution < -0.4 is 0 Å². The van der Waals surface area contributed by atoms with Gasteiger partial charge < -0.3 is 0 Å². The molecule has 0 bridgehead atoms. The van der Waals surface area contributed by atoms with E-state index in [0.29, 0.717) is 11.5 Å². The second-order valence-corrected chi connectivity index (χ2v) is 3.19. The molecule has 0 aromatic carbocycles. The van der Waals surface area contributed by atoms with E-state index in [1.54, 1.807) is 6.92 Å². The van der Waals surface area contributed by atoms with Crippen LogP contribution in [0.3, 0.4) is 0 Å². The minimum absolute atomic E-state index is 0.308. The number of hydrogen-bond donors (Lipinski definition) is 0. The molecule has 16 heavy (non-hydrogen) atoms. The lowest BCUT2D eigenvalue weighted by atomic mass is 10.3. The van der Waals surface area contributed by atoms with E-state index in [2.05, 4.69) is 15.3 Å². The summed E-state index contributed by atoms with van der Waals surface area (Å²) < 4.78 is 38.2. The topological polar surface area (TPSA) is 43.6 Å². The number of nitrogens with zero attached hydrogens (tertiary/aromatic N) is 4. The Morgan fingerprint density at radius 1 is 1.19 bits per heavy atom. The van der Waals surface area contributed by atoms with Gasteiger partial charge in [-0.15, -0.1) is 5.10 Å². The lowest BCUT2D eigenvalue weighted by Crippen LogP contribution is -2.07. The molecule has 2 rings (SSSR count). The van der Waals surface area contributed by atoms with Crippen molar-refractivity contribution < 1.29 is 13.2 Å². The van der Waals surface area contributed by atoms with Crippen LogP contribution in [0.15, 0.2) is 24.5 Å². The molecule has 0 amide bonds. The number of alkyl halides is 3. The summed E-state index contributed by atoms with van der Waals surface area (Å²) in [6.07, 6.45) is -2.10. The van der Waals surface area contributed by atoms with Gasteiger partial charge in [-0.3, -0.25) is 0 Å². The van der Waals surface area contributed by atoms with Crippen LogP contribution in [0.1, 0.15) is 11.3 Å². The lowest BCUT2D eigenvalue weighted by Gasteiger charge is -2.07. The Morgan fingerprint density at radius 3 is 2.38 bits per heavy atom. The van der Waals surface area contributed by atoms with Gasteiger partial charge in [-0.25, -0.2) is 4.98 Å². The maximum atomic E-state index is 12.3. The average molecular weight is 228 g/mol. The highest BCUT2D eigenvalue weighted by atomic mass is 19.4. The third-order valence-corrected chi connectivity index (χ3v) is 2.01. The van der Waals surface area contributed by atoms with Crippen molar-refractivity contribution in [1.82, 2.24) is 20.0 Å². The molecule has 84 valence electrons. The minimum atomic E-state index is -4.37. The first-order chi connectivity index (χ1) is 7.48. The smallest absolute Gasteiger partial charge is 0.236 e. The Kier molecular flexibility index (Phi) is 2.37. The Labute approximate surface area is 88.7 Å². The van der Waals surface area contributed by atoms with Crippen LogP contribution in [0.5, 0.6) is 0 Å². The lowest BCUT2D eigenvalue weighted by molar-refractivity contribution is -0.137. The summed E-state index contributed by atoms with van der Waals surface area (Å²) in [5.41, 5.74) is -0.0822. The van der Waals surface area contributed by atoms with E-state index in [1.165, 1.54) is 16.9 Å². The fourth-order valence-corrected chi connectivity index (χ4v) is 1.19. The van der Waals surface area contributed by atoms with Crippen molar-refractivity contribution in [2.24, 2.45) is 0 Å². The third-order valence-electron chi connectivity index (χ3n) is 2.01. The zero-order chi connectivity index (χ0) is 11.8. The largest absolute Gasteiger partial charge is 0.417 e. The van der Waals surface area contributed by atoms with Gasteiger partial charge in [-0.2, -0.15) is 17.9 Å². The van der Waals surface area contributed by atoms with Crippen LogP contribution in [0.4, 0.5) is 13.2 Å². The summed E-state index contributed by atoms with van der Waals surface area (Å²) in [7, 11) is 0. The quantitative estimate of drug-likeness (QED) is 0.749. The highest BCUT2D eigenvalue weighted by Gasteiger charge is 2.30. The predicted molar refractivity (Wildman–Crippen MR) is 48.9 cm³/mol. The van der Waals surface area contributed by atoms with E-state index in [4.69, 9.17) is 0 Å². The number of pyridine rings is 1. The Bertz CT molecular complexity index is 486. The van der Waals surface area contributed by atoms with Gasteiger partial charge in [0.05, 0.1) is 17.5 Å². The average Bonchev–Trinajstić information content (AvgIpc) is 2.63. The summed E-state index contributed by atoms with van der Waals surface area (Å²) in [6.45, 7) is 1.74. The van der Waals surface area contributed by atoms with Crippen LogP contribution >= 0.6 is 0 Å². The number of hydrogen-bond acceptors (Lipinski definition) is 3. The van der Waals surface area contributed by atoms with Crippen LogP contribution in [0, 0.1) is 6.92 Å². The van der Waals surface area contributed by atoms with Crippen molar-refractivity contribution in [3.63, 3.8) is 0 Å². The molecule has 7 heteroatoms. The molecule has 2 heterocycles. The summed E-state index contributed by atoms with van der Waals surface area (Å²) >= 11 is 0. The highest BCUT2D eigenvalue weighted by molar-refractivity contribution is 5.26. The molecule has 0 fully saturated rings. The molecular weight excluding hydrogens is 221 g/mol. The van der Waals surface area contributed by atoms with Crippen molar-refractivity contribution in [2.45, 2.75) is 13.1 Å². The molecule has 0 radical (unpaired) electrons. The normalized spacial score (nSPS) is 11.8. The first kappa shape index (κ1) is 10.6. The van der Waals surface area contributed by atoms with E-state index in [9.17, 15) is 13.2 Å². The third kappa shape index (κ3) is 1.88. The highest BCUT2D eigenvalue weighted by Crippen LogP contribution is 2.28. The molecule has 4 nitrogen and oxygen atoms in total. The minimum Gasteiger partial charge on any atom is -0.236 e. The summed E-state index contributed by atoms with van der Waals surface area (Å²) in [5.74, 6) is 0.308. The van der Waals surface area contributed by atoms with Crippen molar-refractivity contribution in [3.8, 4) is 5.82 Å². The number of rotatable bonds is 1. The zero-order valence-corrected chi connectivity index (χ0v) is 8.23. The van der Waals surface area contributed by atoms with Gasteiger partial charge in [-0.05, 0) is 19.1 Å². The molecule has 0 aliphatic heterocycles. The van der Waals surface area contributed by atoms with Gasteiger partial charge in [0.25, 0.3) is 0 Å². The SMILES string of the molecule is Cc1cnnn1-c1ccc(C(F)(F)F)cn1. The van der Waals surface area contributed by atoms with Gasteiger partial charge in [-0.1, -0.05) is 5.21 Å². The van der Waals surface area contributed by atoms with Crippen molar-refractivity contribution in [2.75, 3.05) is 0 Å². The molecule has 2 aromatic rings. The first-order valence-electron chi connectivity index (χ1n) is 4.39. The standard InChI is InChI=1S/C9H7F3N4/c1-6-4-14-15-16(6)8-3-2-7(5-13-8)9(10,11)12/h2-5H,1H3. The zero-order valence-electron chi connectivity index (χ0n) is 8.23. The van der Waals surface area contributed by atoms with E-state index < -0.39 is 11.7 Å². The molecule has 0 unspecified atom stereocenters. The number of aromatic nitrogens is 4. The predicted octanol–water partition coefficient (Wildman–Crippen LogP) is 1.99. The molecule has 0 aliphatic rings. The van der Waals surface area contributed by atoms with Crippen LogP contribution in [0.2, 0.25) is 0 Å². The van der Waals surface area contributed by atoms with Gasteiger partial charge in [0.1, 0.15) is 0 Å². The van der Waals surface area contributed by atoms with Crippen molar-refractivity contribution in [1.29, 1.82) is 0 Å². The van der Waals surface area contributed by atoms with Gasteiger partial charge >= 0.3 is 6.18 Å². The van der Waals surface area contributed by atoms with Crippen LogP contribution in [-0.4, -0.2) is 20.0 Å². The number of halogens is 3. The first-order valence-corrected chi connectivity index (χ1v) is 4.39. The van der Waals surface area contributed by atoms with Crippen molar-refractivity contribution in [3.05, 3.63) is 35.8 Å². The molecular formula is C9H7F3N4. The molecule has 0 aliphatic carbocycles. The van der Waals surface area contributed by atoms with E-state index >= 15 is 0 Å². The van der Waals surface area contributed by atoms with E-state index in [1.807, 2.05) is 0 Å². The fraction of sp³-hybridized carbons (Fsp3) is 0.222. The van der Waals surface area contributed by atoms with Crippen molar-refractivity contribution >= 4 is 0 Å². The fourth-order valence-electron chi connectivity index (χ4n) is 1.19. The van der Waals surface area contributed by atoms with Crippen LogP contribution in [0.25, 0.3) is 5.82 Å². The molecule has 2 aromatic heterocycles. The second-order valence-electron chi connectivity index (χ2n) is 3.19. The molecule has 0 N–H and O–H groups in total. The van der Waals surface area contributed by atoms with E-state index in [-0.39, 0.29) is 0 Å². The van der Waals surface area contributed by atoms with Gasteiger partial charge in [0, 0.05) is 6.20 Å². The Balaban J connectivity index is 2.37. The Hall–Kier alpha value is -1.92. The van der Waals surface area contributed by atoms with Crippen LogP contribution in [-0.2, 0) is 6.18 Å². The number of aryl methyl sites for hydroxylation is 1. The van der Waals surface area contributed by atoms with E-state index in [0.717, 1.165) is 12.3 Å². The van der Waals surface area contributed by atoms with Gasteiger partial charge in [0.2, 0.25) is 0 Å². The summed E-state index contributed by atoms with van der Waals surface area (Å²) in [4.78, 5) is 3.69. The molecule has 0 spiro atoms. The molecule has 0 saturated carbocycles. The summed E-state index contributed by atoms with van der Waals surface area (Å²) in [6, 6.07) is 2.22. The maximum Gasteiger partial charge on any atom is 0.417 e.